The summed E-state index contributed by atoms with van der Waals surface area (Å²) in [6.07, 6.45) is 1.30. The Hall–Kier alpha value is -1.98. The molecule has 1 aliphatic rings. The van der Waals surface area contributed by atoms with Crippen LogP contribution in [0.3, 0.4) is 0 Å². The molecule has 1 saturated heterocycles. The standard InChI is InChI=1S/C17H21F2NO3/c1-10(2)16(21)20-6-4-11(5-7-20)12-8-13(18)15(14(19)9-12)17(22)23-3/h8-11H,4-7H2,1-3H3. The second-order valence-electron chi connectivity index (χ2n) is 6.11. The summed E-state index contributed by atoms with van der Waals surface area (Å²) in [5, 5.41) is 0. The van der Waals surface area contributed by atoms with Gasteiger partial charge in [-0.05, 0) is 36.5 Å². The predicted octanol–water partition coefficient (Wildman–Crippen LogP) is 3.11. The molecule has 4 nitrogen and oxygen atoms in total. The lowest BCUT2D eigenvalue weighted by Crippen LogP contribution is -2.40. The maximum Gasteiger partial charge on any atom is 0.343 e. The normalized spacial score (nSPS) is 15.8. The van der Waals surface area contributed by atoms with Gasteiger partial charge < -0.3 is 9.64 Å². The van der Waals surface area contributed by atoms with Crippen LogP contribution in [0.2, 0.25) is 0 Å². The van der Waals surface area contributed by atoms with Crippen molar-refractivity contribution in [2.75, 3.05) is 20.2 Å². The van der Waals surface area contributed by atoms with Crippen LogP contribution in [0, 0.1) is 17.6 Å². The van der Waals surface area contributed by atoms with Gasteiger partial charge in [-0.3, -0.25) is 4.79 Å². The van der Waals surface area contributed by atoms with Crippen LogP contribution in [0.5, 0.6) is 0 Å². The van der Waals surface area contributed by atoms with Gasteiger partial charge in [-0.1, -0.05) is 13.8 Å². The molecule has 0 atom stereocenters. The van der Waals surface area contributed by atoms with Gasteiger partial charge in [0.25, 0.3) is 0 Å². The van der Waals surface area contributed by atoms with Crippen LogP contribution in [0.4, 0.5) is 8.78 Å². The summed E-state index contributed by atoms with van der Waals surface area (Å²) in [6, 6.07) is 2.39. The van der Waals surface area contributed by atoms with E-state index in [1.165, 1.54) is 12.1 Å². The van der Waals surface area contributed by atoms with Crippen LogP contribution in [0.1, 0.15) is 48.5 Å². The number of amides is 1. The molecule has 0 N–H and O–H groups in total. The molecule has 1 aliphatic heterocycles. The van der Waals surface area contributed by atoms with E-state index in [0.717, 1.165) is 7.11 Å². The van der Waals surface area contributed by atoms with E-state index < -0.39 is 23.2 Å². The lowest BCUT2D eigenvalue weighted by Gasteiger charge is -2.33. The molecule has 1 amide bonds. The summed E-state index contributed by atoms with van der Waals surface area (Å²) in [6.45, 7) is 4.85. The Balaban J connectivity index is 2.13. The molecule has 0 saturated carbocycles. The van der Waals surface area contributed by atoms with Crippen LogP contribution < -0.4 is 0 Å². The van der Waals surface area contributed by atoms with Crippen molar-refractivity contribution in [3.05, 3.63) is 34.9 Å². The molecule has 0 aromatic heterocycles. The molecule has 1 aromatic carbocycles. The first-order valence-corrected chi connectivity index (χ1v) is 7.71. The quantitative estimate of drug-likeness (QED) is 0.802. The number of hydrogen-bond acceptors (Lipinski definition) is 3. The van der Waals surface area contributed by atoms with Gasteiger partial charge in [-0.25, -0.2) is 13.6 Å². The number of likely N-dealkylation sites (tertiary alicyclic amines) is 1. The van der Waals surface area contributed by atoms with Gasteiger partial charge in [0.15, 0.2) is 0 Å². The topological polar surface area (TPSA) is 46.6 Å². The number of nitrogens with zero attached hydrogens (tertiary/aromatic N) is 1. The van der Waals surface area contributed by atoms with Gasteiger partial charge in [-0.2, -0.15) is 0 Å². The summed E-state index contributed by atoms with van der Waals surface area (Å²) < 4.78 is 32.4. The molecule has 6 heteroatoms. The van der Waals surface area contributed by atoms with Gasteiger partial charge in [0.2, 0.25) is 5.91 Å². The van der Waals surface area contributed by atoms with Crippen LogP contribution in [0.15, 0.2) is 12.1 Å². The first-order valence-electron chi connectivity index (χ1n) is 7.71. The number of carbonyl (C=O) groups excluding carboxylic acids is 2. The fourth-order valence-corrected chi connectivity index (χ4v) is 2.92. The molecule has 0 aliphatic carbocycles. The number of hydrogen-bond donors (Lipinski definition) is 0. The average Bonchev–Trinajstić information content (AvgIpc) is 2.53. The maximum atomic E-state index is 14.0. The third-order valence-corrected chi connectivity index (χ3v) is 4.23. The zero-order valence-corrected chi connectivity index (χ0v) is 13.6. The van der Waals surface area contributed by atoms with Crippen molar-refractivity contribution in [1.82, 2.24) is 4.90 Å². The maximum absolute atomic E-state index is 14.0. The lowest BCUT2D eigenvalue weighted by molar-refractivity contribution is -0.135. The lowest BCUT2D eigenvalue weighted by atomic mass is 9.88. The van der Waals surface area contributed by atoms with E-state index in [1.54, 1.807) is 4.90 Å². The highest BCUT2D eigenvalue weighted by atomic mass is 19.1. The smallest absolute Gasteiger partial charge is 0.343 e. The molecule has 1 fully saturated rings. The van der Waals surface area contributed by atoms with E-state index >= 15 is 0 Å². The first-order chi connectivity index (χ1) is 10.8. The van der Waals surface area contributed by atoms with Crippen LogP contribution in [0.25, 0.3) is 0 Å². The summed E-state index contributed by atoms with van der Waals surface area (Å²) in [5.41, 5.74) is -0.145. The largest absolute Gasteiger partial charge is 0.465 e. The van der Waals surface area contributed by atoms with Crippen LogP contribution in [-0.4, -0.2) is 37.0 Å². The SMILES string of the molecule is COC(=O)c1c(F)cc(C2CCN(C(=O)C(C)C)CC2)cc1F. The molecule has 1 aromatic rings. The Labute approximate surface area is 134 Å². The number of rotatable bonds is 3. The van der Waals surface area contributed by atoms with E-state index in [0.29, 0.717) is 31.5 Å². The first kappa shape index (κ1) is 17.4. The molecule has 2 rings (SSSR count). The highest BCUT2D eigenvalue weighted by Gasteiger charge is 2.27. The van der Waals surface area contributed by atoms with Crippen molar-refractivity contribution in [2.24, 2.45) is 5.92 Å². The number of methoxy groups -OCH3 is 1. The Bertz CT molecular complexity index is 585. The van der Waals surface area contributed by atoms with Gasteiger partial charge in [0.05, 0.1) is 7.11 Å². The number of ether oxygens (including phenoxy) is 1. The molecule has 23 heavy (non-hydrogen) atoms. The monoisotopic (exact) mass is 325 g/mol. The van der Waals surface area contributed by atoms with E-state index in [2.05, 4.69) is 4.74 Å². The highest BCUT2D eigenvalue weighted by Crippen LogP contribution is 2.31. The second kappa shape index (κ2) is 7.06. The number of esters is 1. The summed E-state index contributed by atoms with van der Waals surface area (Å²) in [4.78, 5) is 25.1. The Morgan fingerprint density at radius 2 is 1.70 bits per heavy atom. The Morgan fingerprint density at radius 3 is 2.13 bits per heavy atom. The van der Waals surface area contributed by atoms with Crippen molar-refractivity contribution in [3.8, 4) is 0 Å². The minimum Gasteiger partial charge on any atom is -0.465 e. The zero-order valence-electron chi connectivity index (χ0n) is 13.6. The molecule has 0 unspecified atom stereocenters. The second-order valence-corrected chi connectivity index (χ2v) is 6.11. The Morgan fingerprint density at radius 1 is 1.17 bits per heavy atom. The van der Waals surface area contributed by atoms with Crippen molar-refractivity contribution < 1.29 is 23.1 Å². The molecular formula is C17H21F2NO3. The minimum absolute atomic E-state index is 0.0260. The van der Waals surface area contributed by atoms with E-state index in [-0.39, 0.29) is 17.7 Å². The van der Waals surface area contributed by atoms with E-state index in [9.17, 15) is 18.4 Å². The van der Waals surface area contributed by atoms with Crippen molar-refractivity contribution in [1.29, 1.82) is 0 Å². The number of piperidine rings is 1. The number of carbonyl (C=O) groups is 2. The minimum atomic E-state index is -1.02. The van der Waals surface area contributed by atoms with Crippen molar-refractivity contribution in [2.45, 2.75) is 32.6 Å². The van der Waals surface area contributed by atoms with Gasteiger partial charge >= 0.3 is 5.97 Å². The summed E-state index contributed by atoms with van der Waals surface area (Å²) in [7, 11) is 1.08. The molecule has 0 radical (unpaired) electrons. The fraction of sp³-hybridized carbons (Fsp3) is 0.529. The average molecular weight is 325 g/mol. The molecule has 0 bridgehead atoms. The van der Waals surface area contributed by atoms with Crippen LogP contribution >= 0.6 is 0 Å². The van der Waals surface area contributed by atoms with Crippen LogP contribution in [-0.2, 0) is 9.53 Å². The predicted molar refractivity (Wildman–Crippen MR) is 81.1 cm³/mol. The number of benzene rings is 1. The molecule has 126 valence electrons. The third kappa shape index (κ3) is 3.68. The fourth-order valence-electron chi connectivity index (χ4n) is 2.92. The molecule has 1 heterocycles. The van der Waals surface area contributed by atoms with Gasteiger partial charge in [-0.15, -0.1) is 0 Å². The van der Waals surface area contributed by atoms with E-state index in [4.69, 9.17) is 0 Å². The number of halogens is 2. The summed E-state index contributed by atoms with van der Waals surface area (Å²) in [5.74, 6) is -2.83. The molecular weight excluding hydrogens is 304 g/mol. The van der Waals surface area contributed by atoms with Crippen molar-refractivity contribution >= 4 is 11.9 Å². The highest BCUT2D eigenvalue weighted by molar-refractivity contribution is 5.90. The molecule has 0 spiro atoms. The summed E-state index contributed by atoms with van der Waals surface area (Å²) >= 11 is 0. The Kier molecular flexibility index (Phi) is 5.34. The zero-order chi connectivity index (χ0) is 17.1. The third-order valence-electron chi connectivity index (χ3n) is 4.23. The van der Waals surface area contributed by atoms with Gasteiger partial charge in [0.1, 0.15) is 17.2 Å². The van der Waals surface area contributed by atoms with Gasteiger partial charge in [0, 0.05) is 19.0 Å². The van der Waals surface area contributed by atoms with Crippen molar-refractivity contribution in [3.63, 3.8) is 0 Å². The van der Waals surface area contributed by atoms with E-state index in [1.807, 2.05) is 13.8 Å².